The Balaban J connectivity index is 1.26. The van der Waals surface area contributed by atoms with Crippen molar-refractivity contribution in [2.75, 3.05) is 12.3 Å². The van der Waals surface area contributed by atoms with E-state index in [1.807, 2.05) is 43.3 Å². The first-order valence-corrected chi connectivity index (χ1v) is 15.9. The third-order valence-corrected chi connectivity index (χ3v) is 8.99. The number of carbonyl (C=O) groups excluding carboxylic acids is 2. The van der Waals surface area contributed by atoms with E-state index in [1.54, 1.807) is 6.07 Å². The molecule has 1 aliphatic carbocycles. The average Bonchev–Trinajstić information content (AvgIpc) is 3.35. The highest BCUT2D eigenvalue weighted by Gasteiger charge is 2.23. The van der Waals surface area contributed by atoms with E-state index in [9.17, 15) is 19.2 Å². The number of carboxylic acid groups (broad SMARTS) is 1. The minimum absolute atomic E-state index is 0.00655. The molecule has 0 unspecified atom stereocenters. The molecule has 10 heteroatoms. The van der Waals surface area contributed by atoms with Gasteiger partial charge in [0.2, 0.25) is 11.8 Å². The molecule has 2 aromatic heterocycles. The number of thioether (sulfide) groups is 1. The van der Waals surface area contributed by atoms with Gasteiger partial charge < -0.3 is 24.6 Å². The fourth-order valence-electron chi connectivity index (χ4n) is 5.56. The molecule has 1 aliphatic rings. The number of furan rings is 1. The Hall–Kier alpha value is -4.05. The summed E-state index contributed by atoms with van der Waals surface area (Å²) in [7, 11) is 0. The number of aliphatic carboxylic acids is 1. The van der Waals surface area contributed by atoms with Crippen LogP contribution in [0.15, 0.2) is 56.1 Å². The monoisotopic (exact) mass is 604 g/mol. The third-order valence-electron chi connectivity index (χ3n) is 7.88. The molecular formula is C33H36N2O7S. The number of hydrogen-bond donors (Lipinski definition) is 3. The molecule has 226 valence electrons. The third kappa shape index (κ3) is 7.48. The molecule has 43 heavy (non-hydrogen) atoms. The van der Waals surface area contributed by atoms with E-state index in [4.69, 9.17) is 13.9 Å². The second kappa shape index (κ2) is 13.9. The zero-order chi connectivity index (χ0) is 30.3. The molecule has 0 spiro atoms. The molecule has 0 aliphatic heterocycles. The van der Waals surface area contributed by atoms with Crippen LogP contribution in [0.5, 0.6) is 0 Å². The molecule has 0 radical (unpaired) electrons. The van der Waals surface area contributed by atoms with Gasteiger partial charge in [-0.2, -0.15) is 11.8 Å². The number of rotatable bonds is 13. The quantitative estimate of drug-likeness (QED) is 0.142. The Bertz CT molecular complexity index is 1690. The van der Waals surface area contributed by atoms with E-state index in [0.29, 0.717) is 29.1 Å². The van der Waals surface area contributed by atoms with E-state index in [-0.39, 0.29) is 37.6 Å². The predicted molar refractivity (Wildman–Crippen MR) is 166 cm³/mol. The van der Waals surface area contributed by atoms with Crippen LogP contribution in [0.4, 0.5) is 0 Å². The Morgan fingerprint density at radius 2 is 1.77 bits per heavy atom. The normalized spacial score (nSPS) is 13.5. The van der Waals surface area contributed by atoms with Crippen LogP contribution in [-0.4, -0.2) is 41.2 Å². The number of benzene rings is 2. The molecule has 3 N–H and O–H groups in total. The number of carbonyl (C=O) groups is 3. The van der Waals surface area contributed by atoms with Gasteiger partial charge in [-0.25, -0.2) is 4.79 Å². The van der Waals surface area contributed by atoms with E-state index in [0.717, 1.165) is 58.9 Å². The minimum Gasteiger partial charge on any atom is -0.481 e. The number of nitrogens with one attached hydrogen (secondary N) is 2. The molecular weight excluding hydrogens is 568 g/mol. The summed E-state index contributed by atoms with van der Waals surface area (Å²) in [5.41, 5.74) is 4.25. The van der Waals surface area contributed by atoms with Gasteiger partial charge in [0.25, 0.3) is 0 Å². The summed E-state index contributed by atoms with van der Waals surface area (Å²) >= 11 is 1.52. The molecule has 1 atom stereocenters. The molecule has 0 saturated heterocycles. The van der Waals surface area contributed by atoms with E-state index in [2.05, 4.69) is 10.6 Å². The van der Waals surface area contributed by atoms with Crippen molar-refractivity contribution in [3.8, 4) is 0 Å². The van der Waals surface area contributed by atoms with Gasteiger partial charge in [0.1, 0.15) is 23.0 Å². The second-order valence-electron chi connectivity index (χ2n) is 11.0. The van der Waals surface area contributed by atoms with Gasteiger partial charge in [-0.05, 0) is 56.2 Å². The van der Waals surface area contributed by atoms with Gasteiger partial charge in [-0.1, -0.05) is 30.3 Å². The van der Waals surface area contributed by atoms with Crippen molar-refractivity contribution in [2.45, 2.75) is 70.1 Å². The lowest BCUT2D eigenvalue weighted by Gasteiger charge is -2.18. The van der Waals surface area contributed by atoms with Crippen molar-refractivity contribution >= 4 is 51.5 Å². The van der Waals surface area contributed by atoms with Gasteiger partial charge in [0.05, 0.1) is 0 Å². The minimum atomic E-state index is -0.931. The molecule has 0 saturated carbocycles. The van der Waals surface area contributed by atoms with Gasteiger partial charge in [-0.3, -0.25) is 14.4 Å². The maximum atomic E-state index is 13.0. The molecule has 4 aromatic rings. The molecule has 5 rings (SSSR count). The number of carboxylic acids is 1. The second-order valence-corrected chi connectivity index (χ2v) is 12.0. The lowest BCUT2D eigenvalue weighted by Crippen LogP contribution is -2.48. The van der Waals surface area contributed by atoms with Gasteiger partial charge >= 0.3 is 11.6 Å². The first-order chi connectivity index (χ1) is 20.8. The van der Waals surface area contributed by atoms with E-state index in [1.165, 1.54) is 17.3 Å². The highest BCUT2D eigenvalue weighted by atomic mass is 32.2. The summed E-state index contributed by atoms with van der Waals surface area (Å²) in [6.07, 6.45) is 4.52. The smallest absolute Gasteiger partial charge is 0.339 e. The fourth-order valence-corrected chi connectivity index (χ4v) is 6.58. The molecule has 2 aromatic carbocycles. The number of hydrogen-bond acceptors (Lipinski definition) is 7. The van der Waals surface area contributed by atoms with E-state index < -0.39 is 17.6 Å². The van der Waals surface area contributed by atoms with Crippen LogP contribution in [0, 0.1) is 6.92 Å². The van der Waals surface area contributed by atoms with Crippen LogP contribution < -0.4 is 16.3 Å². The summed E-state index contributed by atoms with van der Waals surface area (Å²) in [4.78, 5) is 49.7. The van der Waals surface area contributed by atoms with Crippen LogP contribution in [0.2, 0.25) is 0 Å². The average molecular weight is 605 g/mol. The van der Waals surface area contributed by atoms with Gasteiger partial charge in [0.15, 0.2) is 0 Å². The SMILES string of the molecule is Cc1c(CCC(=O)N[C@H](CSCc2ccccc2)C(=O)NCCCC(=O)O)c(=O)oc2cc3oc4c(c3cc12)CCCC4. The largest absolute Gasteiger partial charge is 0.481 e. The highest BCUT2D eigenvalue weighted by molar-refractivity contribution is 7.98. The molecule has 2 heterocycles. The molecule has 2 amide bonds. The molecule has 0 fully saturated rings. The predicted octanol–water partition coefficient (Wildman–Crippen LogP) is 5.06. The van der Waals surface area contributed by atoms with Gasteiger partial charge in [-0.15, -0.1) is 0 Å². The van der Waals surface area contributed by atoms with Gasteiger partial charge in [0, 0.05) is 65.3 Å². The summed E-state index contributed by atoms with van der Waals surface area (Å²) < 4.78 is 11.7. The Labute approximate surface area is 253 Å². The first-order valence-electron chi connectivity index (χ1n) is 14.7. The van der Waals surface area contributed by atoms with Crippen molar-refractivity contribution in [1.82, 2.24) is 10.6 Å². The zero-order valence-corrected chi connectivity index (χ0v) is 25.0. The van der Waals surface area contributed by atoms with Crippen molar-refractivity contribution in [3.63, 3.8) is 0 Å². The van der Waals surface area contributed by atoms with Crippen molar-refractivity contribution in [3.05, 3.63) is 80.9 Å². The van der Waals surface area contributed by atoms with E-state index >= 15 is 0 Å². The van der Waals surface area contributed by atoms with Crippen molar-refractivity contribution < 1.29 is 28.3 Å². The standard InChI is InChI=1S/C33H36N2O7S/c1-20-22(33(40)42-28-17-29-25(16-24(20)28)23-10-5-6-11-27(23)41-29)13-14-30(36)35-26(32(39)34-15-7-12-31(37)38)19-43-18-21-8-3-2-4-9-21/h2-4,8-9,16-17,26H,5-7,10-15,18-19H2,1H3,(H,34,39)(H,35,36)(H,37,38)/t26-/m1/s1. The Morgan fingerprint density at radius 3 is 2.56 bits per heavy atom. The first kappa shape index (κ1) is 30.4. The number of fused-ring (bicyclic) bond motifs is 4. The summed E-state index contributed by atoms with van der Waals surface area (Å²) in [5, 5.41) is 16.3. The summed E-state index contributed by atoms with van der Waals surface area (Å²) in [6.45, 7) is 2.07. The Morgan fingerprint density at radius 1 is 1.00 bits per heavy atom. The molecule has 0 bridgehead atoms. The Kier molecular flexibility index (Phi) is 9.86. The zero-order valence-electron chi connectivity index (χ0n) is 24.2. The van der Waals surface area contributed by atoms with Crippen LogP contribution in [0.25, 0.3) is 21.9 Å². The summed E-state index contributed by atoms with van der Waals surface area (Å²) in [6, 6.07) is 12.8. The van der Waals surface area contributed by atoms with Crippen molar-refractivity contribution in [1.29, 1.82) is 0 Å². The number of aryl methyl sites for hydroxylation is 3. The van der Waals surface area contributed by atoms with Crippen LogP contribution in [0.1, 0.15) is 60.1 Å². The summed E-state index contributed by atoms with van der Waals surface area (Å²) in [5.74, 6) is 0.366. The maximum absolute atomic E-state index is 13.0. The van der Waals surface area contributed by atoms with Crippen LogP contribution in [0.3, 0.4) is 0 Å². The van der Waals surface area contributed by atoms with Crippen LogP contribution in [-0.2, 0) is 39.4 Å². The van der Waals surface area contributed by atoms with Crippen LogP contribution >= 0.6 is 11.8 Å². The molecule has 9 nitrogen and oxygen atoms in total. The lowest BCUT2D eigenvalue weighted by molar-refractivity contribution is -0.137. The highest BCUT2D eigenvalue weighted by Crippen LogP contribution is 2.35. The lowest BCUT2D eigenvalue weighted by atomic mass is 9.94. The fraction of sp³-hybridized carbons (Fsp3) is 0.394. The van der Waals surface area contributed by atoms with Crippen molar-refractivity contribution in [2.24, 2.45) is 0 Å². The topological polar surface area (TPSA) is 139 Å². The number of amides is 2. The maximum Gasteiger partial charge on any atom is 0.339 e.